The first-order chi connectivity index (χ1) is 38.2. The normalized spacial score (nSPS) is 14.2. The maximum absolute atomic E-state index is 12.9. The molecule has 0 aliphatic carbocycles. The van der Waals surface area contributed by atoms with Gasteiger partial charge < -0.3 is 24.2 Å². The fraction of sp³-hybridized carbons (Fsp3) is 0.652. The van der Waals surface area contributed by atoms with Crippen molar-refractivity contribution in [2.75, 3.05) is 26.4 Å². The number of ether oxygens (including phenoxy) is 3. The average molecular weight is 1110 g/mol. The van der Waals surface area contributed by atoms with E-state index in [2.05, 4.69) is 124 Å². The molecule has 11 nitrogen and oxygen atoms in total. The molecule has 0 saturated heterocycles. The van der Waals surface area contributed by atoms with Crippen molar-refractivity contribution >= 4 is 25.7 Å². The van der Waals surface area contributed by atoms with Crippen LogP contribution >= 0.6 is 7.82 Å². The zero-order valence-corrected chi connectivity index (χ0v) is 50.0. The first-order valence-corrected chi connectivity index (χ1v) is 31.9. The minimum absolute atomic E-state index is 0.0148. The molecule has 0 amide bonds. The number of phosphoric acid groups is 1. The van der Waals surface area contributed by atoms with E-state index in [1.165, 1.54) is 64.2 Å². The fourth-order valence-corrected chi connectivity index (χ4v) is 8.61. The van der Waals surface area contributed by atoms with Crippen molar-refractivity contribution in [3.8, 4) is 0 Å². The van der Waals surface area contributed by atoms with Gasteiger partial charge in [-0.25, -0.2) is 4.57 Å². The Labute approximate surface area is 475 Å². The maximum Gasteiger partial charge on any atom is 0.472 e. The quantitative estimate of drug-likeness (QED) is 0.0197. The summed E-state index contributed by atoms with van der Waals surface area (Å²) in [5.74, 6) is -1.65. The van der Waals surface area contributed by atoms with E-state index in [0.29, 0.717) is 19.3 Å². The summed E-state index contributed by atoms with van der Waals surface area (Å²) in [7, 11) is -4.78. The van der Waals surface area contributed by atoms with E-state index in [0.717, 1.165) is 116 Å². The lowest BCUT2D eigenvalue weighted by Gasteiger charge is -2.21. The zero-order chi connectivity index (χ0) is 56.9. The van der Waals surface area contributed by atoms with Gasteiger partial charge in [-0.05, 0) is 109 Å². The molecule has 0 spiro atoms. The number of hydrogen-bond donors (Lipinski definition) is 2. The van der Waals surface area contributed by atoms with Gasteiger partial charge in [0.05, 0.1) is 26.2 Å². The number of rotatable bonds is 55. The van der Waals surface area contributed by atoms with E-state index in [1.54, 1.807) is 6.08 Å². The van der Waals surface area contributed by atoms with E-state index in [9.17, 15) is 28.9 Å². The Balaban J connectivity index is 4.82. The third-order valence-corrected chi connectivity index (χ3v) is 13.3. The lowest BCUT2D eigenvalue weighted by molar-refractivity contribution is -0.161. The Kier molecular flexibility index (Phi) is 55.9. The summed E-state index contributed by atoms with van der Waals surface area (Å²) >= 11 is 0. The molecule has 3 unspecified atom stereocenters. The highest BCUT2D eigenvalue weighted by atomic mass is 31.2. The second-order valence-electron chi connectivity index (χ2n) is 19.8. The number of carbonyl (C=O) groups is 3. The molecule has 0 aromatic rings. The summed E-state index contributed by atoms with van der Waals surface area (Å²) in [5.41, 5.74) is 0. The summed E-state index contributed by atoms with van der Waals surface area (Å²) in [5, 5.41) is 9.84. The minimum atomic E-state index is -4.78. The molecule has 0 aliphatic heterocycles. The summed E-state index contributed by atoms with van der Waals surface area (Å²) in [6.07, 6.45) is 73.2. The highest BCUT2D eigenvalue weighted by Crippen LogP contribution is 2.43. The van der Waals surface area contributed by atoms with Crippen molar-refractivity contribution < 1.29 is 52.2 Å². The molecule has 0 rings (SSSR count). The molecule has 3 atom stereocenters. The van der Waals surface area contributed by atoms with Crippen molar-refractivity contribution in [1.82, 2.24) is 0 Å². The van der Waals surface area contributed by atoms with E-state index >= 15 is 0 Å². The Hall–Kier alpha value is -4.12. The van der Waals surface area contributed by atoms with Crippen LogP contribution in [0.15, 0.2) is 122 Å². The molecular formula is C66H109O11P. The van der Waals surface area contributed by atoms with E-state index in [4.69, 9.17) is 23.3 Å². The molecule has 0 saturated carbocycles. The number of carbonyl (C=O) groups excluding carboxylic acids is 3. The molecule has 0 aliphatic rings. The lowest BCUT2D eigenvalue weighted by atomic mass is 10.1. The summed E-state index contributed by atoms with van der Waals surface area (Å²) in [6, 6.07) is 0. The van der Waals surface area contributed by atoms with Gasteiger partial charge in [0.25, 0.3) is 0 Å². The number of hydrogen-bond acceptors (Lipinski definition) is 10. The Bertz CT molecular complexity index is 1770. The van der Waals surface area contributed by atoms with Crippen LogP contribution in [0.25, 0.3) is 0 Å². The number of aliphatic hydroxyl groups is 1. The maximum atomic E-state index is 12.9. The minimum Gasteiger partial charge on any atom is -0.461 e. The highest BCUT2D eigenvalue weighted by Gasteiger charge is 2.28. The third kappa shape index (κ3) is 56.6. The average Bonchev–Trinajstić information content (AvgIpc) is 3.43. The fourth-order valence-electron chi connectivity index (χ4n) is 7.83. The van der Waals surface area contributed by atoms with Crippen LogP contribution in [0.4, 0.5) is 0 Å². The van der Waals surface area contributed by atoms with Crippen molar-refractivity contribution in [1.29, 1.82) is 0 Å². The van der Waals surface area contributed by atoms with Crippen LogP contribution < -0.4 is 0 Å². The van der Waals surface area contributed by atoms with Crippen LogP contribution in [0, 0.1) is 0 Å². The Morgan fingerprint density at radius 2 is 0.705 bits per heavy atom. The zero-order valence-electron chi connectivity index (χ0n) is 49.1. The number of esters is 3. The van der Waals surface area contributed by atoms with Crippen LogP contribution in [0.3, 0.4) is 0 Å². The molecule has 444 valence electrons. The molecule has 12 heteroatoms. The van der Waals surface area contributed by atoms with Crippen LogP contribution in [0.1, 0.15) is 239 Å². The predicted molar refractivity (Wildman–Crippen MR) is 325 cm³/mol. The Morgan fingerprint density at radius 1 is 0.385 bits per heavy atom. The predicted octanol–water partition coefficient (Wildman–Crippen LogP) is 18.4. The molecule has 0 radical (unpaired) electrons. The van der Waals surface area contributed by atoms with E-state index in [-0.39, 0.29) is 19.3 Å². The van der Waals surface area contributed by atoms with Gasteiger partial charge in [0.15, 0.2) is 6.10 Å². The van der Waals surface area contributed by atoms with Gasteiger partial charge >= 0.3 is 25.7 Å². The van der Waals surface area contributed by atoms with Crippen LogP contribution in [0.5, 0.6) is 0 Å². The monoisotopic (exact) mass is 1110 g/mol. The number of phosphoric ester groups is 1. The van der Waals surface area contributed by atoms with Gasteiger partial charge in [0.2, 0.25) is 0 Å². The molecule has 0 fully saturated rings. The van der Waals surface area contributed by atoms with Crippen LogP contribution in [0.2, 0.25) is 0 Å². The highest BCUT2D eigenvalue weighted by molar-refractivity contribution is 7.47. The molecule has 0 aromatic carbocycles. The summed E-state index contributed by atoms with van der Waals surface area (Å²) in [6.45, 7) is 4.28. The van der Waals surface area contributed by atoms with Crippen LogP contribution in [-0.4, -0.2) is 66.5 Å². The number of aliphatic hydroxyl groups excluding tert-OH is 1. The molecule has 78 heavy (non-hydrogen) atoms. The third-order valence-electron chi connectivity index (χ3n) is 12.4. The van der Waals surface area contributed by atoms with Crippen molar-refractivity contribution in [3.63, 3.8) is 0 Å². The Morgan fingerprint density at radius 3 is 1.10 bits per heavy atom. The van der Waals surface area contributed by atoms with E-state index in [1.807, 2.05) is 12.2 Å². The van der Waals surface area contributed by atoms with Crippen molar-refractivity contribution in [2.45, 2.75) is 251 Å². The molecule has 0 aromatic heterocycles. The number of unbranched alkanes of at least 4 members (excludes halogenated alkanes) is 19. The molecule has 0 heterocycles. The van der Waals surface area contributed by atoms with Crippen molar-refractivity contribution in [2.24, 2.45) is 0 Å². The largest absolute Gasteiger partial charge is 0.472 e. The smallest absolute Gasteiger partial charge is 0.461 e. The second kappa shape index (κ2) is 59.0. The standard InChI is InChI=1S/C66H109O11P/c1-4-7-10-13-16-19-22-25-28-30-31-33-36-39-42-45-48-51-54-57-66(70)77-63(59-73-64(68)55-52-49-46-43-40-37-34-27-24-21-18-15-12-9-6-3)61-75-78(71,72)74-60-62(58-67)76-65(69)56-53-50-47-44-41-38-35-32-29-26-23-20-17-14-11-8-5-2/h7,9-10,12,16,18-19,21,25-29,31,33-34,40,43,49,52,62-63,67H,4-6,8,11,13-15,17,20,22-24,30,32,35-39,41-42,44-48,50-51,53-61H2,1-3H3,(H,71,72)/b10-7-,12-9-,19-16-,21-18-,28-25-,29-26-,33-31-,34-27-,43-40-,52-49-. The molecular weight excluding hydrogens is 1000 g/mol. The van der Waals surface area contributed by atoms with Crippen LogP contribution in [-0.2, 0) is 42.2 Å². The summed E-state index contributed by atoms with van der Waals surface area (Å²) in [4.78, 5) is 48.6. The van der Waals surface area contributed by atoms with Gasteiger partial charge in [-0.3, -0.25) is 23.4 Å². The number of allylic oxidation sites excluding steroid dienone is 19. The van der Waals surface area contributed by atoms with Gasteiger partial charge in [-0.15, -0.1) is 0 Å². The lowest BCUT2D eigenvalue weighted by Crippen LogP contribution is -2.30. The van der Waals surface area contributed by atoms with Gasteiger partial charge in [-0.1, -0.05) is 232 Å². The topological polar surface area (TPSA) is 155 Å². The van der Waals surface area contributed by atoms with Crippen molar-refractivity contribution in [3.05, 3.63) is 122 Å². The van der Waals surface area contributed by atoms with Gasteiger partial charge in [-0.2, -0.15) is 0 Å². The van der Waals surface area contributed by atoms with E-state index < -0.39 is 64.4 Å². The SMILES string of the molecule is CC/C=C\C/C=C\C/C=C\C/C=C\C/C=C\CC(=O)OCC(COP(=O)(O)OCC(CO)OC(=O)CCCCCCCCC/C=C\CCCCCCCC)OC(=O)CCCCCCCC/C=C\C/C=C\C/C=C\C/C=C\CC. The molecule has 0 bridgehead atoms. The molecule has 2 N–H and O–H groups in total. The second-order valence-corrected chi connectivity index (χ2v) is 21.2. The van der Waals surface area contributed by atoms with Gasteiger partial charge in [0, 0.05) is 12.8 Å². The summed E-state index contributed by atoms with van der Waals surface area (Å²) < 4.78 is 39.5. The van der Waals surface area contributed by atoms with Gasteiger partial charge in [0.1, 0.15) is 12.7 Å². The first-order valence-electron chi connectivity index (χ1n) is 30.4. The first kappa shape index (κ1) is 73.9.